The summed E-state index contributed by atoms with van der Waals surface area (Å²) in [6, 6.07) is 0. The van der Waals surface area contributed by atoms with Crippen molar-refractivity contribution in [3.63, 3.8) is 0 Å². The maximum Gasteiger partial charge on any atom is 0.324 e. The van der Waals surface area contributed by atoms with Gasteiger partial charge in [-0.2, -0.15) is 0 Å². The van der Waals surface area contributed by atoms with E-state index in [1.807, 2.05) is 0 Å². The Labute approximate surface area is 48.4 Å². The van der Waals surface area contributed by atoms with Gasteiger partial charge in [-0.3, -0.25) is 0 Å². The molecular formula is C2H10NO4P. The van der Waals surface area contributed by atoms with Crippen LogP contribution in [0.3, 0.4) is 0 Å². The summed E-state index contributed by atoms with van der Waals surface area (Å²) >= 11 is 0. The Bertz CT molecular complexity index is 30.5. The number of rotatable bonds is 1. The molecule has 0 spiro atoms. The maximum atomic E-state index is 7.75. The molecule has 0 unspecified atom stereocenters. The van der Waals surface area contributed by atoms with Gasteiger partial charge in [0.2, 0.25) is 0 Å². The fourth-order valence-corrected chi connectivity index (χ4v) is 0. The van der Waals surface area contributed by atoms with Gasteiger partial charge in [0.05, 0.1) is 6.61 Å². The minimum absolute atomic E-state index is 0.0972. The van der Waals surface area contributed by atoms with E-state index in [-0.39, 0.29) is 6.61 Å². The topological polar surface area (TPSA) is 107 Å². The van der Waals surface area contributed by atoms with Crippen molar-refractivity contribution in [2.45, 2.75) is 0 Å². The van der Waals surface area contributed by atoms with Crippen molar-refractivity contribution in [2.75, 3.05) is 13.2 Å². The summed E-state index contributed by atoms with van der Waals surface area (Å²) in [5.74, 6) is 0. The standard InChI is InChI=1S/C2H7NO.H3O3P/c3-1-2-4;1-4(2)3/h4H,1-3H2;1-3H. The minimum atomic E-state index is -2.62. The number of nitrogens with two attached hydrogens (primary N) is 1. The van der Waals surface area contributed by atoms with Crippen LogP contribution < -0.4 is 5.73 Å². The lowest BCUT2D eigenvalue weighted by Gasteiger charge is -1.76. The summed E-state index contributed by atoms with van der Waals surface area (Å²) in [5.41, 5.74) is 4.78. The first-order valence-electron chi connectivity index (χ1n) is 1.82. The third kappa shape index (κ3) is 113. The molecule has 0 aromatic heterocycles. The van der Waals surface area contributed by atoms with Crippen molar-refractivity contribution in [2.24, 2.45) is 5.73 Å². The Morgan fingerprint density at radius 3 is 1.38 bits per heavy atom. The number of hydrogen-bond acceptors (Lipinski definition) is 5. The van der Waals surface area contributed by atoms with Gasteiger partial charge in [-0.25, -0.2) is 0 Å². The summed E-state index contributed by atoms with van der Waals surface area (Å²) in [7, 11) is -2.62. The molecule has 52 valence electrons. The van der Waals surface area contributed by atoms with Gasteiger partial charge in [0, 0.05) is 6.54 Å². The Morgan fingerprint density at radius 2 is 1.38 bits per heavy atom. The lowest BCUT2D eigenvalue weighted by Crippen LogP contribution is -2.02. The molecule has 0 aliphatic rings. The van der Waals surface area contributed by atoms with E-state index >= 15 is 0 Å². The summed E-state index contributed by atoms with van der Waals surface area (Å²) in [6.07, 6.45) is 0. The van der Waals surface area contributed by atoms with E-state index in [9.17, 15) is 0 Å². The Balaban J connectivity index is 0. The highest BCUT2D eigenvalue weighted by Crippen LogP contribution is 2.11. The smallest absolute Gasteiger partial charge is 0.324 e. The predicted molar refractivity (Wildman–Crippen MR) is 29.7 cm³/mol. The normalized spacial score (nSPS) is 8.25. The van der Waals surface area contributed by atoms with E-state index in [1.54, 1.807) is 0 Å². The first-order valence-corrected chi connectivity index (χ1v) is 3.02. The molecule has 0 rings (SSSR count). The zero-order valence-electron chi connectivity index (χ0n) is 4.23. The van der Waals surface area contributed by atoms with Crippen LogP contribution in [0.25, 0.3) is 0 Å². The predicted octanol–water partition coefficient (Wildman–Crippen LogP) is -1.87. The lowest BCUT2D eigenvalue weighted by atomic mass is 10.8. The van der Waals surface area contributed by atoms with E-state index in [4.69, 9.17) is 25.5 Å². The molecule has 0 aromatic carbocycles. The molecule has 6 heteroatoms. The van der Waals surface area contributed by atoms with Crippen molar-refractivity contribution >= 4 is 8.60 Å². The van der Waals surface area contributed by atoms with Gasteiger partial charge in [-0.15, -0.1) is 0 Å². The van der Waals surface area contributed by atoms with E-state index in [1.165, 1.54) is 0 Å². The minimum Gasteiger partial charge on any atom is -0.395 e. The quantitative estimate of drug-likeness (QED) is 0.276. The third-order valence-electron chi connectivity index (χ3n) is 0.129. The number of aliphatic hydroxyl groups excluding tert-OH is 1. The van der Waals surface area contributed by atoms with Crippen LogP contribution in [0, 0.1) is 0 Å². The van der Waals surface area contributed by atoms with E-state index < -0.39 is 8.60 Å². The molecule has 0 bridgehead atoms. The highest BCUT2D eigenvalue weighted by atomic mass is 31.2. The van der Waals surface area contributed by atoms with Gasteiger partial charge in [0.1, 0.15) is 0 Å². The van der Waals surface area contributed by atoms with Gasteiger partial charge in [-0.1, -0.05) is 0 Å². The monoisotopic (exact) mass is 143 g/mol. The first kappa shape index (κ1) is 11.1. The zero-order chi connectivity index (χ0) is 6.99. The average Bonchev–Trinajstić information content (AvgIpc) is 1.65. The van der Waals surface area contributed by atoms with Gasteiger partial charge < -0.3 is 25.5 Å². The maximum absolute atomic E-state index is 7.75. The Kier molecular flexibility index (Phi) is 14.2. The van der Waals surface area contributed by atoms with Crippen LogP contribution in [0.4, 0.5) is 0 Å². The largest absolute Gasteiger partial charge is 0.395 e. The number of aliphatic hydroxyl groups is 1. The fraction of sp³-hybridized carbons (Fsp3) is 1.00. The van der Waals surface area contributed by atoms with Crippen LogP contribution in [-0.2, 0) is 0 Å². The molecule has 0 aliphatic heterocycles. The second-order valence-corrected chi connectivity index (χ2v) is 1.32. The molecule has 5 nitrogen and oxygen atoms in total. The molecule has 0 aliphatic carbocycles. The molecule has 8 heavy (non-hydrogen) atoms. The summed E-state index contributed by atoms with van der Waals surface area (Å²) in [6.45, 7) is 0.472. The number of hydrogen-bond donors (Lipinski definition) is 5. The molecule has 0 heterocycles. The Morgan fingerprint density at radius 1 is 1.25 bits per heavy atom. The van der Waals surface area contributed by atoms with Crippen molar-refractivity contribution in [1.82, 2.24) is 0 Å². The molecule has 0 radical (unpaired) electrons. The van der Waals surface area contributed by atoms with E-state index in [0.717, 1.165) is 0 Å². The van der Waals surface area contributed by atoms with E-state index in [0.29, 0.717) is 6.54 Å². The molecule has 0 fully saturated rings. The van der Waals surface area contributed by atoms with Gasteiger partial charge in [0.25, 0.3) is 0 Å². The van der Waals surface area contributed by atoms with Crippen molar-refractivity contribution in [3.8, 4) is 0 Å². The van der Waals surface area contributed by atoms with Crippen LogP contribution >= 0.6 is 8.60 Å². The van der Waals surface area contributed by atoms with Gasteiger partial charge in [-0.05, 0) is 0 Å². The van der Waals surface area contributed by atoms with Crippen molar-refractivity contribution in [3.05, 3.63) is 0 Å². The van der Waals surface area contributed by atoms with Crippen LogP contribution in [0.5, 0.6) is 0 Å². The molecule has 0 aromatic rings. The molecule has 6 N–H and O–H groups in total. The van der Waals surface area contributed by atoms with Crippen LogP contribution in [0.15, 0.2) is 0 Å². The molecular weight excluding hydrogens is 133 g/mol. The Hall–Kier alpha value is 0.230. The first-order chi connectivity index (χ1) is 3.65. The van der Waals surface area contributed by atoms with Crippen molar-refractivity contribution in [1.29, 1.82) is 0 Å². The second kappa shape index (κ2) is 10.3. The summed E-state index contributed by atoms with van der Waals surface area (Å²) in [5, 5.41) is 7.75. The lowest BCUT2D eigenvalue weighted by molar-refractivity contribution is 0.306. The highest BCUT2D eigenvalue weighted by molar-refractivity contribution is 7.38. The average molecular weight is 143 g/mol. The van der Waals surface area contributed by atoms with Crippen LogP contribution in [-0.4, -0.2) is 32.9 Å². The van der Waals surface area contributed by atoms with Crippen molar-refractivity contribution < 1.29 is 19.8 Å². The van der Waals surface area contributed by atoms with Crippen LogP contribution in [0.2, 0.25) is 0 Å². The van der Waals surface area contributed by atoms with E-state index in [2.05, 4.69) is 0 Å². The third-order valence-corrected chi connectivity index (χ3v) is 0.129. The van der Waals surface area contributed by atoms with Crippen LogP contribution in [0.1, 0.15) is 0 Å². The molecule has 0 saturated carbocycles. The zero-order valence-corrected chi connectivity index (χ0v) is 5.12. The second-order valence-electron chi connectivity index (χ2n) is 0.781. The molecule has 0 amide bonds. The van der Waals surface area contributed by atoms with Gasteiger partial charge >= 0.3 is 8.60 Å². The SMILES string of the molecule is NCCO.OP(O)O. The molecule has 0 saturated heterocycles. The fourth-order valence-electron chi connectivity index (χ4n) is 0. The van der Waals surface area contributed by atoms with Gasteiger partial charge in [0.15, 0.2) is 0 Å². The summed E-state index contributed by atoms with van der Waals surface area (Å²) < 4.78 is 0. The molecule has 0 atom stereocenters. The summed E-state index contributed by atoms with van der Waals surface area (Å²) in [4.78, 5) is 21.7. The highest BCUT2D eigenvalue weighted by Gasteiger charge is 1.76.